The van der Waals surface area contributed by atoms with Gasteiger partial charge in [0.1, 0.15) is 35.9 Å². The van der Waals surface area contributed by atoms with Crippen molar-refractivity contribution in [2.24, 2.45) is 17.4 Å². The van der Waals surface area contributed by atoms with E-state index in [9.17, 15) is 33.6 Å². The average molecular weight is 994 g/mol. The van der Waals surface area contributed by atoms with Crippen LogP contribution in [0.5, 0.6) is 0 Å². The first-order valence-electron chi connectivity index (χ1n) is 23.6. The number of hydrogen-bond acceptors (Lipinski definition) is 12. The van der Waals surface area contributed by atoms with Crippen LogP contribution in [0.15, 0.2) is 77.6 Å². The summed E-state index contributed by atoms with van der Waals surface area (Å²) in [5.74, 6) is -5.77. The molecule has 0 unspecified atom stereocenters. The lowest BCUT2D eigenvalue weighted by Crippen LogP contribution is -2.60. The van der Waals surface area contributed by atoms with Crippen LogP contribution in [-0.4, -0.2) is 110 Å². The monoisotopic (exact) mass is 993 g/mol. The summed E-state index contributed by atoms with van der Waals surface area (Å²) >= 11 is 3.11. The summed E-state index contributed by atoms with van der Waals surface area (Å²) in [7, 11) is 0. The van der Waals surface area contributed by atoms with Gasteiger partial charge in [-0.2, -0.15) is 0 Å². The molecule has 2 aliphatic rings. The van der Waals surface area contributed by atoms with Crippen molar-refractivity contribution >= 4 is 80.0 Å². The van der Waals surface area contributed by atoms with E-state index in [1.165, 1.54) is 16.2 Å². The molecule has 370 valence electrons. The number of aromatic nitrogens is 3. The number of thiophene rings is 2. The van der Waals surface area contributed by atoms with E-state index in [0.717, 1.165) is 31.7 Å². The van der Waals surface area contributed by atoms with Gasteiger partial charge in [-0.15, -0.1) is 27.8 Å². The highest BCUT2D eigenvalue weighted by molar-refractivity contribution is 7.17. The van der Waals surface area contributed by atoms with E-state index in [0.29, 0.717) is 25.0 Å². The summed E-state index contributed by atoms with van der Waals surface area (Å²) in [6.07, 6.45) is 2.22. The van der Waals surface area contributed by atoms with Gasteiger partial charge >= 0.3 is 0 Å². The van der Waals surface area contributed by atoms with Gasteiger partial charge in [-0.1, -0.05) is 74.0 Å². The van der Waals surface area contributed by atoms with Gasteiger partial charge < -0.3 is 43.0 Å². The molecule has 2 aromatic carbocycles. The number of primary amides is 2. The number of carbonyl (C=O) groups excluding carboxylic acids is 8. The zero-order chi connectivity index (χ0) is 49.9. The molecule has 0 saturated carbocycles. The quantitative estimate of drug-likeness (QED) is 0.102. The Morgan fingerprint density at radius 2 is 1.57 bits per heavy atom. The third-order valence-electron chi connectivity index (χ3n) is 12.9. The number of amides is 8. The molecular weight excluding hydrogens is 935 g/mol. The molecule has 7 atom stereocenters. The summed E-state index contributed by atoms with van der Waals surface area (Å²) in [6, 6.07) is 12.9. The van der Waals surface area contributed by atoms with Gasteiger partial charge in [-0.25, -0.2) is 4.68 Å². The minimum Gasteiger partial charge on any atom is -0.370 e. The highest BCUT2D eigenvalue weighted by atomic mass is 32.1. The van der Waals surface area contributed by atoms with Crippen LogP contribution in [0.2, 0.25) is 0 Å². The molecule has 2 saturated heterocycles. The number of hydrogen-bond donors (Lipinski definition) is 7. The first kappa shape index (κ1) is 50.9. The molecule has 0 radical (unpaired) electrons. The predicted molar refractivity (Wildman–Crippen MR) is 264 cm³/mol. The molecule has 9 N–H and O–H groups in total. The number of carbonyl (C=O) groups is 8. The van der Waals surface area contributed by atoms with Crippen LogP contribution in [0.4, 0.5) is 0 Å². The van der Waals surface area contributed by atoms with E-state index < -0.39 is 89.4 Å². The number of rotatable bonds is 11. The fourth-order valence-electron chi connectivity index (χ4n) is 8.73. The van der Waals surface area contributed by atoms with Crippen molar-refractivity contribution in [2.75, 3.05) is 13.1 Å². The smallest absolute Gasteiger partial charge is 0.246 e. The summed E-state index contributed by atoms with van der Waals surface area (Å²) in [5.41, 5.74) is 14.4. The minimum absolute atomic E-state index is 0.0326. The van der Waals surface area contributed by atoms with Gasteiger partial charge in [0.2, 0.25) is 47.3 Å². The number of fused-ring (bicyclic) bond motifs is 2. The standard InChI is InChI=1S/C49H59N11O8S2/c1-3-28(2)44-49(68)59-25-32(60-26-37(57-58-60)29-13-15-30(16-14-29)39-12-8-22-69-39)24-38(59)48(67)55-36(23-31-27-70-40-11-5-4-9-33(31)40)47(66)54-34(45(51)64)10-6-7-21-52-42(62)19-20-43(63)53-35(46(65)56-44)17-18-41(50)61/h4-5,8-9,11-16,22,26-28,32,34-36,38,44H,3,6-7,10,17-21,23-25H2,1-2H3,(H2,50,61)(H2,51,64)(H,52,62)(H,53,63)(H,54,66)(H,55,67)(H,56,65)/t28-,32-,34-,35-,36-,38-,44-/m0/s1. The topological polar surface area (TPSA) is 283 Å². The summed E-state index contributed by atoms with van der Waals surface area (Å²) < 4.78 is 2.58. The third kappa shape index (κ3) is 12.8. The van der Waals surface area contributed by atoms with Crippen molar-refractivity contribution in [3.05, 3.63) is 83.2 Å². The van der Waals surface area contributed by atoms with E-state index >= 15 is 4.79 Å². The first-order valence-corrected chi connectivity index (χ1v) is 25.3. The lowest BCUT2D eigenvalue weighted by Gasteiger charge is -2.33. The second-order valence-electron chi connectivity index (χ2n) is 17.9. The number of nitrogens with two attached hydrogens (primary N) is 2. The van der Waals surface area contributed by atoms with Crippen molar-refractivity contribution in [1.29, 1.82) is 0 Å². The Morgan fingerprint density at radius 1 is 0.829 bits per heavy atom. The summed E-state index contributed by atoms with van der Waals surface area (Å²) in [6.45, 7) is 3.76. The van der Waals surface area contributed by atoms with Gasteiger partial charge in [0, 0.05) is 60.3 Å². The zero-order valence-corrected chi connectivity index (χ0v) is 40.7. The van der Waals surface area contributed by atoms with E-state index in [1.54, 1.807) is 29.1 Å². The largest absolute Gasteiger partial charge is 0.370 e. The second kappa shape index (κ2) is 23.5. The van der Waals surface area contributed by atoms with E-state index in [2.05, 4.69) is 36.9 Å². The van der Waals surface area contributed by atoms with Crippen LogP contribution in [-0.2, 0) is 44.8 Å². The number of nitrogens with one attached hydrogen (secondary N) is 5. The zero-order valence-electron chi connectivity index (χ0n) is 39.1. The molecule has 3 aromatic heterocycles. The van der Waals surface area contributed by atoms with Crippen LogP contribution >= 0.6 is 22.7 Å². The molecule has 7 rings (SSSR count). The molecule has 5 aromatic rings. The minimum atomic E-state index is -1.30. The molecule has 0 aliphatic carbocycles. The molecule has 21 heteroatoms. The van der Waals surface area contributed by atoms with Crippen LogP contribution in [0, 0.1) is 5.92 Å². The fraction of sp³-hybridized carbons (Fsp3) is 0.429. The molecule has 2 aliphatic heterocycles. The van der Waals surface area contributed by atoms with Gasteiger partial charge in [-0.05, 0) is 71.0 Å². The van der Waals surface area contributed by atoms with E-state index in [-0.39, 0.29) is 58.0 Å². The number of nitrogens with zero attached hydrogens (tertiary/aromatic N) is 4. The predicted octanol–water partition coefficient (Wildman–Crippen LogP) is 3.09. The molecule has 0 spiro atoms. The summed E-state index contributed by atoms with van der Waals surface area (Å²) in [4.78, 5) is 112. The second-order valence-corrected chi connectivity index (χ2v) is 19.7. The average Bonchev–Trinajstić information content (AvgIpc) is 4.20. The van der Waals surface area contributed by atoms with Gasteiger partial charge in [0.15, 0.2) is 0 Å². The first-order chi connectivity index (χ1) is 33.7. The molecular formula is C49H59N11O8S2. The van der Waals surface area contributed by atoms with Crippen LogP contribution < -0.4 is 38.1 Å². The normalized spacial score (nSPS) is 23.1. The molecule has 2 fully saturated rings. The van der Waals surface area contributed by atoms with Crippen LogP contribution in [0.25, 0.3) is 31.8 Å². The van der Waals surface area contributed by atoms with Crippen LogP contribution in [0.3, 0.4) is 0 Å². The Balaban J connectivity index is 1.24. The fourth-order valence-corrected chi connectivity index (χ4v) is 10.4. The third-order valence-corrected chi connectivity index (χ3v) is 14.9. The van der Waals surface area contributed by atoms with Crippen molar-refractivity contribution in [3.63, 3.8) is 0 Å². The molecule has 8 amide bonds. The Morgan fingerprint density at radius 3 is 2.30 bits per heavy atom. The molecule has 70 heavy (non-hydrogen) atoms. The van der Waals surface area contributed by atoms with Gasteiger partial charge in [-0.3, -0.25) is 38.4 Å². The van der Waals surface area contributed by atoms with Gasteiger partial charge in [0.25, 0.3) is 0 Å². The van der Waals surface area contributed by atoms with E-state index in [1.807, 2.05) is 78.3 Å². The van der Waals surface area contributed by atoms with Crippen molar-refractivity contribution < 1.29 is 38.4 Å². The lowest BCUT2D eigenvalue weighted by atomic mass is 9.96. The molecule has 0 bridgehead atoms. The van der Waals surface area contributed by atoms with Gasteiger partial charge in [0.05, 0.1) is 12.2 Å². The Hall–Kier alpha value is -7.00. The van der Waals surface area contributed by atoms with Crippen LogP contribution in [0.1, 0.15) is 83.2 Å². The highest BCUT2D eigenvalue weighted by Crippen LogP contribution is 2.32. The number of benzene rings is 2. The van der Waals surface area contributed by atoms with Crippen molar-refractivity contribution in [3.8, 4) is 21.7 Å². The van der Waals surface area contributed by atoms with Crippen molar-refractivity contribution in [1.82, 2.24) is 46.5 Å². The molecule has 5 heterocycles. The maximum absolute atomic E-state index is 15.1. The highest BCUT2D eigenvalue weighted by Gasteiger charge is 2.45. The van der Waals surface area contributed by atoms with Crippen molar-refractivity contribution in [2.45, 2.75) is 114 Å². The maximum atomic E-state index is 15.1. The van der Waals surface area contributed by atoms with E-state index in [4.69, 9.17) is 11.5 Å². The SMILES string of the molecule is CC[C@H](C)[C@@H]1NC(=O)[C@H](CCC(N)=O)NC(=O)CCC(=O)NCCCC[C@@H](C(N)=O)NC(=O)[C@H](Cc2csc3ccccc23)NC(=O)[C@@H]2C[C@H](n3cc(-c4ccc(-c5cccs5)cc4)nn3)CN2C1=O. The maximum Gasteiger partial charge on any atom is 0.246 e. The Labute approximate surface area is 412 Å². The lowest BCUT2D eigenvalue weighted by molar-refractivity contribution is -0.143. The Bertz CT molecular complexity index is 2690. The molecule has 19 nitrogen and oxygen atoms in total. The Kier molecular flexibility index (Phi) is 17.1. The summed E-state index contributed by atoms with van der Waals surface area (Å²) in [5, 5.41) is 27.6.